The van der Waals surface area contributed by atoms with Crippen molar-refractivity contribution in [1.29, 1.82) is 0 Å². The SMILES string of the molecule is Fc1ccc(OCc2sccc2Br)c(F)c1. The van der Waals surface area contributed by atoms with Crippen molar-refractivity contribution in [2.24, 2.45) is 0 Å². The summed E-state index contributed by atoms with van der Waals surface area (Å²) in [5.74, 6) is -1.24. The fourth-order valence-electron chi connectivity index (χ4n) is 1.16. The first kappa shape index (κ1) is 11.5. The summed E-state index contributed by atoms with van der Waals surface area (Å²) < 4.78 is 32.0. The minimum atomic E-state index is -0.687. The van der Waals surface area contributed by atoms with Crippen LogP contribution in [0.15, 0.2) is 34.1 Å². The summed E-state index contributed by atoms with van der Waals surface area (Å²) in [7, 11) is 0. The molecule has 0 radical (unpaired) electrons. The van der Waals surface area contributed by atoms with Gasteiger partial charge in [0.1, 0.15) is 12.4 Å². The topological polar surface area (TPSA) is 9.23 Å². The molecule has 2 rings (SSSR count). The van der Waals surface area contributed by atoms with Gasteiger partial charge in [0.15, 0.2) is 11.6 Å². The van der Waals surface area contributed by atoms with E-state index in [0.717, 1.165) is 15.4 Å². The van der Waals surface area contributed by atoms with Crippen molar-refractivity contribution < 1.29 is 13.5 Å². The predicted octanol–water partition coefficient (Wildman–Crippen LogP) is 4.37. The standard InChI is InChI=1S/C11H7BrF2OS/c12-8-3-4-16-11(8)6-15-10-2-1-7(13)5-9(10)14/h1-5H,6H2. The van der Waals surface area contributed by atoms with Gasteiger partial charge in [-0.15, -0.1) is 11.3 Å². The third-order valence-electron chi connectivity index (χ3n) is 1.94. The molecule has 0 amide bonds. The zero-order valence-electron chi connectivity index (χ0n) is 8.04. The molecule has 2 aromatic rings. The van der Waals surface area contributed by atoms with Crippen LogP contribution in [-0.2, 0) is 6.61 Å². The molecule has 0 unspecified atom stereocenters. The Morgan fingerprint density at radius 3 is 2.69 bits per heavy atom. The molecule has 0 aliphatic rings. The number of hydrogen-bond acceptors (Lipinski definition) is 2. The second kappa shape index (κ2) is 4.93. The average Bonchev–Trinajstić information content (AvgIpc) is 2.63. The quantitative estimate of drug-likeness (QED) is 0.818. The van der Waals surface area contributed by atoms with Gasteiger partial charge < -0.3 is 4.74 Å². The molecule has 0 bridgehead atoms. The molecule has 5 heteroatoms. The lowest BCUT2D eigenvalue weighted by molar-refractivity contribution is 0.292. The normalized spacial score (nSPS) is 10.4. The van der Waals surface area contributed by atoms with Crippen molar-refractivity contribution in [2.75, 3.05) is 0 Å². The Bertz CT molecular complexity index is 498. The summed E-state index contributed by atoms with van der Waals surface area (Å²) in [5, 5.41) is 1.91. The van der Waals surface area contributed by atoms with E-state index in [9.17, 15) is 8.78 Å². The Balaban J connectivity index is 2.08. The number of ether oxygens (including phenoxy) is 1. The van der Waals surface area contributed by atoms with Crippen molar-refractivity contribution in [2.45, 2.75) is 6.61 Å². The molecule has 1 heterocycles. The van der Waals surface area contributed by atoms with Gasteiger partial charge in [-0.2, -0.15) is 0 Å². The lowest BCUT2D eigenvalue weighted by Crippen LogP contribution is -1.96. The number of hydrogen-bond donors (Lipinski definition) is 0. The maximum absolute atomic E-state index is 13.2. The van der Waals surface area contributed by atoms with E-state index in [4.69, 9.17) is 4.74 Å². The van der Waals surface area contributed by atoms with Gasteiger partial charge in [-0.25, -0.2) is 8.78 Å². The van der Waals surface area contributed by atoms with E-state index in [2.05, 4.69) is 15.9 Å². The maximum Gasteiger partial charge on any atom is 0.167 e. The molecular formula is C11H7BrF2OS. The summed E-state index contributed by atoms with van der Waals surface area (Å²) in [4.78, 5) is 0.962. The van der Waals surface area contributed by atoms with Gasteiger partial charge in [0, 0.05) is 10.5 Å². The highest BCUT2D eigenvalue weighted by molar-refractivity contribution is 9.10. The number of rotatable bonds is 3. The van der Waals surface area contributed by atoms with Crippen LogP contribution in [0.3, 0.4) is 0 Å². The van der Waals surface area contributed by atoms with E-state index in [1.165, 1.54) is 23.5 Å². The Morgan fingerprint density at radius 1 is 1.25 bits per heavy atom. The molecule has 0 saturated carbocycles. The minimum absolute atomic E-state index is 0.0571. The Labute approximate surface area is 104 Å². The third kappa shape index (κ3) is 2.59. The zero-order chi connectivity index (χ0) is 11.5. The lowest BCUT2D eigenvalue weighted by Gasteiger charge is -2.06. The highest BCUT2D eigenvalue weighted by atomic mass is 79.9. The second-order valence-corrected chi connectivity index (χ2v) is 4.91. The van der Waals surface area contributed by atoms with Gasteiger partial charge in [-0.1, -0.05) is 0 Å². The molecule has 0 N–H and O–H groups in total. The largest absolute Gasteiger partial charge is 0.485 e. The van der Waals surface area contributed by atoms with E-state index in [-0.39, 0.29) is 12.4 Å². The highest BCUT2D eigenvalue weighted by Crippen LogP contribution is 2.25. The molecule has 0 spiro atoms. The minimum Gasteiger partial charge on any atom is -0.485 e. The van der Waals surface area contributed by atoms with Gasteiger partial charge in [0.25, 0.3) is 0 Å². The maximum atomic E-state index is 13.2. The molecule has 0 atom stereocenters. The Kier molecular flexibility index (Phi) is 3.56. The summed E-state index contributed by atoms with van der Waals surface area (Å²) in [6, 6.07) is 5.15. The Hall–Kier alpha value is -0.940. The van der Waals surface area contributed by atoms with E-state index >= 15 is 0 Å². The summed E-state index contributed by atoms with van der Waals surface area (Å²) in [6.07, 6.45) is 0. The second-order valence-electron chi connectivity index (χ2n) is 3.06. The van der Waals surface area contributed by atoms with Crippen LogP contribution in [0.5, 0.6) is 5.75 Å². The molecule has 0 aliphatic heterocycles. The van der Waals surface area contributed by atoms with Crippen LogP contribution in [0.1, 0.15) is 4.88 Å². The molecule has 0 saturated heterocycles. The molecule has 1 nitrogen and oxygen atoms in total. The van der Waals surface area contributed by atoms with Crippen LogP contribution in [0.2, 0.25) is 0 Å². The van der Waals surface area contributed by atoms with Gasteiger partial charge in [-0.3, -0.25) is 0 Å². The highest BCUT2D eigenvalue weighted by Gasteiger charge is 2.07. The van der Waals surface area contributed by atoms with Gasteiger partial charge in [0.05, 0.1) is 4.88 Å². The van der Waals surface area contributed by atoms with Crippen LogP contribution in [0.4, 0.5) is 8.78 Å². The summed E-state index contributed by atoms with van der Waals surface area (Å²) in [6.45, 7) is 0.265. The van der Waals surface area contributed by atoms with Crippen molar-refractivity contribution in [3.63, 3.8) is 0 Å². The number of halogens is 3. The smallest absolute Gasteiger partial charge is 0.167 e. The molecule has 84 valence electrons. The van der Waals surface area contributed by atoms with Crippen molar-refractivity contribution in [3.05, 3.63) is 50.6 Å². The Morgan fingerprint density at radius 2 is 2.06 bits per heavy atom. The molecule has 0 aliphatic carbocycles. The summed E-state index contributed by atoms with van der Waals surface area (Å²) >= 11 is 4.86. The fourth-order valence-corrected chi connectivity index (χ4v) is 2.54. The van der Waals surface area contributed by atoms with Crippen LogP contribution in [0.25, 0.3) is 0 Å². The van der Waals surface area contributed by atoms with Crippen molar-refractivity contribution >= 4 is 27.3 Å². The van der Waals surface area contributed by atoms with Gasteiger partial charge in [-0.05, 0) is 39.5 Å². The fraction of sp³-hybridized carbons (Fsp3) is 0.0909. The zero-order valence-corrected chi connectivity index (χ0v) is 10.4. The first-order valence-corrected chi connectivity index (χ1v) is 6.14. The lowest BCUT2D eigenvalue weighted by atomic mass is 10.3. The average molecular weight is 305 g/mol. The molecular weight excluding hydrogens is 298 g/mol. The first-order chi connectivity index (χ1) is 7.66. The summed E-state index contributed by atoms with van der Waals surface area (Å²) in [5.41, 5.74) is 0. The van der Waals surface area contributed by atoms with Crippen molar-refractivity contribution in [3.8, 4) is 5.75 Å². The van der Waals surface area contributed by atoms with E-state index in [0.29, 0.717) is 0 Å². The number of benzene rings is 1. The van der Waals surface area contributed by atoms with Crippen LogP contribution >= 0.6 is 27.3 Å². The van der Waals surface area contributed by atoms with E-state index in [1.807, 2.05) is 11.4 Å². The molecule has 16 heavy (non-hydrogen) atoms. The number of thiophene rings is 1. The molecule has 1 aromatic heterocycles. The van der Waals surface area contributed by atoms with Gasteiger partial charge in [0.2, 0.25) is 0 Å². The third-order valence-corrected chi connectivity index (χ3v) is 3.84. The van der Waals surface area contributed by atoms with Crippen LogP contribution < -0.4 is 4.74 Å². The van der Waals surface area contributed by atoms with Crippen LogP contribution in [-0.4, -0.2) is 0 Å². The monoisotopic (exact) mass is 304 g/mol. The van der Waals surface area contributed by atoms with E-state index in [1.54, 1.807) is 0 Å². The first-order valence-electron chi connectivity index (χ1n) is 4.46. The molecule has 0 fully saturated rings. The van der Waals surface area contributed by atoms with E-state index < -0.39 is 11.6 Å². The van der Waals surface area contributed by atoms with Gasteiger partial charge >= 0.3 is 0 Å². The van der Waals surface area contributed by atoms with Crippen LogP contribution in [0, 0.1) is 11.6 Å². The molecule has 1 aromatic carbocycles. The van der Waals surface area contributed by atoms with Crippen molar-refractivity contribution in [1.82, 2.24) is 0 Å². The predicted molar refractivity (Wildman–Crippen MR) is 62.7 cm³/mol.